The van der Waals surface area contributed by atoms with Crippen LogP contribution >= 0.6 is 22.9 Å². The normalized spacial score (nSPS) is 12.8. The highest BCUT2D eigenvalue weighted by Crippen LogP contribution is 2.24. The molecule has 3 N–H and O–H groups in total. The predicted molar refractivity (Wildman–Crippen MR) is 86.1 cm³/mol. The number of rotatable bonds is 5. The molecule has 2 rings (SSSR count). The molecule has 1 heterocycles. The van der Waals surface area contributed by atoms with Crippen LogP contribution in [0.5, 0.6) is 0 Å². The number of hydrogen-bond donors (Lipinski definition) is 2. The minimum absolute atomic E-state index is 0.146. The zero-order valence-electron chi connectivity index (χ0n) is 12.0. The smallest absolute Gasteiger partial charge is 0.339 e. The summed E-state index contributed by atoms with van der Waals surface area (Å²) in [6.45, 7) is 1.53. The highest BCUT2D eigenvalue weighted by atomic mass is 35.5. The van der Waals surface area contributed by atoms with E-state index in [1.54, 1.807) is 5.38 Å². The lowest BCUT2D eigenvalue weighted by atomic mass is 10.2. The first kappa shape index (κ1) is 17.7. The Hall–Kier alpha value is -1.68. The molecule has 23 heavy (non-hydrogen) atoms. The number of nitrogens with zero attached hydrogens (tertiary/aromatic N) is 2. The molecule has 10 heteroatoms. The van der Waals surface area contributed by atoms with Crippen LogP contribution < -0.4 is 5.73 Å². The highest BCUT2D eigenvalue weighted by Gasteiger charge is 2.22. The number of hydroxylamine groups is 2. The predicted octanol–water partition coefficient (Wildman–Crippen LogP) is 2.60. The number of sulfone groups is 1. The van der Waals surface area contributed by atoms with E-state index >= 15 is 0 Å². The van der Waals surface area contributed by atoms with Crippen molar-refractivity contribution < 1.29 is 18.4 Å². The molecule has 1 unspecified atom stereocenters. The van der Waals surface area contributed by atoms with Crippen molar-refractivity contribution in [2.24, 2.45) is 5.73 Å². The molecule has 1 atom stereocenters. The summed E-state index contributed by atoms with van der Waals surface area (Å²) in [5.74, 6) is -0.284. The van der Waals surface area contributed by atoms with Gasteiger partial charge in [-0.05, 0) is 31.2 Å². The van der Waals surface area contributed by atoms with E-state index in [4.69, 9.17) is 17.3 Å². The molecule has 0 aliphatic heterocycles. The molecule has 7 nitrogen and oxygen atoms in total. The summed E-state index contributed by atoms with van der Waals surface area (Å²) in [5.41, 5.74) is 5.34. The van der Waals surface area contributed by atoms with Crippen LogP contribution in [0.15, 0.2) is 34.5 Å². The number of primary amides is 1. The molecule has 1 aromatic carbocycles. The molecular formula is C13H14ClN3O4S2. The van der Waals surface area contributed by atoms with Gasteiger partial charge in [0.05, 0.1) is 10.6 Å². The van der Waals surface area contributed by atoms with Gasteiger partial charge in [-0.25, -0.2) is 18.2 Å². The maximum Gasteiger partial charge on any atom is 0.339 e. The van der Waals surface area contributed by atoms with Crippen molar-refractivity contribution in [3.05, 3.63) is 45.4 Å². The molecule has 0 aliphatic rings. The van der Waals surface area contributed by atoms with E-state index in [1.807, 2.05) is 0 Å². The molecule has 0 aliphatic carbocycles. The van der Waals surface area contributed by atoms with Crippen LogP contribution in [0, 0.1) is 0 Å². The lowest BCUT2D eigenvalue weighted by Crippen LogP contribution is -2.34. The Morgan fingerprint density at radius 1 is 1.43 bits per heavy atom. The van der Waals surface area contributed by atoms with Crippen LogP contribution in [0.2, 0.25) is 5.02 Å². The molecule has 1 aromatic heterocycles. The zero-order chi connectivity index (χ0) is 17.2. The van der Waals surface area contributed by atoms with Gasteiger partial charge in [0.25, 0.3) is 0 Å². The van der Waals surface area contributed by atoms with Crippen molar-refractivity contribution in [2.45, 2.75) is 23.6 Å². The first-order chi connectivity index (χ1) is 10.7. The third-order valence-corrected chi connectivity index (χ3v) is 6.02. The maximum absolute atomic E-state index is 12.3. The maximum atomic E-state index is 12.3. The number of urea groups is 1. The summed E-state index contributed by atoms with van der Waals surface area (Å²) in [6.07, 6.45) is 0. The average molecular weight is 376 g/mol. The second kappa shape index (κ2) is 6.83. The van der Waals surface area contributed by atoms with Gasteiger partial charge in [0, 0.05) is 10.4 Å². The van der Waals surface area contributed by atoms with Gasteiger partial charge in [-0.3, -0.25) is 5.21 Å². The molecule has 2 aromatic rings. The van der Waals surface area contributed by atoms with Crippen LogP contribution in [0.4, 0.5) is 4.79 Å². The third-order valence-electron chi connectivity index (χ3n) is 3.08. The van der Waals surface area contributed by atoms with E-state index in [0.717, 1.165) is 11.3 Å². The number of carbonyl (C=O) groups excluding carboxylic acids is 1. The number of benzene rings is 1. The first-order valence-corrected chi connectivity index (χ1v) is 9.32. The summed E-state index contributed by atoms with van der Waals surface area (Å²) >= 11 is 6.87. The highest BCUT2D eigenvalue weighted by molar-refractivity contribution is 7.90. The number of aromatic nitrogens is 1. The average Bonchev–Trinajstić information content (AvgIpc) is 2.93. The second-order valence-electron chi connectivity index (χ2n) is 4.74. The molecular weight excluding hydrogens is 362 g/mol. The van der Waals surface area contributed by atoms with Crippen molar-refractivity contribution in [3.63, 3.8) is 0 Å². The van der Waals surface area contributed by atoms with Gasteiger partial charge in [-0.15, -0.1) is 11.3 Å². The topological polar surface area (TPSA) is 114 Å². The molecule has 0 saturated heterocycles. The fourth-order valence-corrected chi connectivity index (χ4v) is 4.42. The molecule has 124 valence electrons. The van der Waals surface area contributed by atoms with Gasteiger partial charge in [0.15, 0.2) is 9.84 Å². The number of halogens is 1. The van der Waals surface area contributed by atoms with E-state index in [1.165, 1.54) is 31.2 Å². The minimum Gasteiger partial charge on any atom is -0.350 e. The number of thiazole rings is 1. The molecule has 0 spiro atoms. The summed E-state index contributed by atoms with van der Waals surface area (Å²) in [7, 11) is -3.56. The van der Waals surface area contributed by atoms with Crippen LogP contribution in [-0.4, -0.2) is 29.7 Å². The lowest BCUT2D eigenvalue weighted by molar-refractivity contribution is -0.0719. The summed E-state index contributed by atoms with van der Waals surface area (Å²) in [5, 5.41) is 12.2. The summed E-state index contributed by atoms with van der Waals surface area (Å²) in [4.78, 5) is 15.2. The van der Waals surface area contributed by atoms with Crippen LogP contribution in [0.25, 0.3) is 0 Å². The Morgan fingerprint density at radius 2 is 2.04 bits per heavy atom. The van der Waals surface area contributed by atoms with Gasteiger partial charge in [0.2, 0.25) is 0 Å². The third kappa shape index (κ3) is 4.20. The molecule has 0 radical (unpaired) electrons. The Balaban J connectivity index is 2.18. The van der Waals surface area contributed by atoms with Gasteiger partial charge < -0.3 is 5.73 Å². The largest absolute Gasteiger partial charge is 0.350 e. The van der Waals surface area contributed by atoms with Crippen LogP contribution in [0.3, 0.4) is 0 Å². The zero-order valence-corrected chi connectivity index (χ0v) is 14.4. The van der Waals surface area contributed by atoms with Crippen molar-refractivity contribution in [1.82, 2.24) is 10.0 Å². The van der Waals surface area contributed by atoms with Gasteiger partial charge in [-0.1, -0.05) is 11.6 Å². The van der Waals surface area contributed by atoms with Crippen LogP contribution in [0.1, 0.15) is 23.7 Å². The second-order valence-corrected chi connectivity index (χ2v) is 8.11. The number of carbonyl (C=O) groups is 1. The molecule has 0 saturated carbocycles. The number of amides is 2. The van der Waals surface area contributed by atoms with Gasteiger partial charge in [0.1, 0.15) is 16.8 Å². The van der Waals surface area contributed by atoms with E-state index in [0.29, 0.717) is 20.8 Å². The minimum atomic E-state index is -3.56. The Labute approximate surface area is 142 Å². The fraction of sp³-hybridized carbons (Fsp3) is 0.231. The van der Waals surface area contributed by atoms with Crippen molar-refractivity contribution >= 4 is 38.8 Å². The molecule has 2 amide bonds. The molecule has 0 fully saturated rings. The van der Waals surface area contributed by atoms with E-state index < -0.39 is 21.9 Å². The van der Waals surface area contributed by atoms with Gasteiger partial charge in [-0.2, -0.15) is 5.06 Å². The first-order valence-electron chi connectivity index (χ1n) is 6.41. The number of nitrogens with two attached hydrogens (primary N) is 1. The van der Waals surface area contributed by atoms with Crippen molar-refractivity contribution in [3.8, 4) is 0 Å². The van der Waals surface area contributed by atoms with E-state index in [9.17, 15) is 18.4 Å². The van der Waals surface area contributed by atoms with Gasteiger partial charge >= 0.3 is 6.03 Å². The lowest BCUT2D eigenvalue weighted by Gasteiger charge is -2.18. The Bertz CT molecular complexity index is 805. The monoisotopic (exact) mass is 375 g/mol. The van der Waals surface area contributed by atoms with Crippen LogP contribution in [-0.2, 0) is 15.6 Å². The number of hydrogen-bond acceptors (Lipinski definition) is 6. The van der Waals surface area contributed by atoms with Crippen molar-refractivity contribution in [1.29, 1.82) is 0 Å². The summed E-state index contributed by atoms with van der Waals surface area (Å²) < 4.78 is 24.6. The van der Waals surface area contributed by atoms with E-state index in [-0.39, 0.29) is 10.6 Å². The van der Waals surface area contributed by atoms with E-state index in [2.05, 4.69) is 4.98 Å². The quantitative estimate of drug-likeness (QED) is 0.615. The Kier molecular flexibility index (Phi) is 5.25. The summed E-state index contributed by atoms with van der Waals surface area (Å²) in [6, 6.07) is 4.08. The standard InChI is InChI=1S/C13H14ClN3O4S2/c1-8(17(19)13(15)18)11-6-22-12(16-11)7-23(20,21)10-4-2-9(14)3-5-10/h2-6,8,19H,7H2,1H3,(H2,15,18). The van der Waals surface area contributed by atoms with Crippen molar-refractivity contribution in [2.75, 3.05) is 0 Å². The molecule has 0 bridgehead atoms. The fourth-order valence-electron chi connectivity index (χ4n) is 1.79. The SMILES string of the molecule is CC(c1csc(CS(=O)(=O)c2ccc(Cl)cc2)n1)N(O)C(N)=O. The Morgan fingerprint density at radius 3 is 2.61 bits per heavy atom.